The number of alkyl halides is 1. The molecule has 0 aliphatic carbocycles. The average molecular weight is 528 g/mol. The number of esters is 2. The highest BCUT2D eigenvalue weighted by atomic mass is 35.5. The van der Waals surface area contributed by atoms with Crippen LogP contribution in [0.2, 0.25) is 0 Å². The highest BCUT2D eigenvalue weighted by Gasteiger charge is 2.42. The summed E-state index contributed by atoms with van der Waals surface area (Å²) in [5, 5.41) is 11.4. The molecule has 192 valence electrons. The van der Waals surface area contributed by atoms with E-state index in [0.717, 1.165) is 18.7 Å². The number of benzene rings is 2. The third kappa shape index (κ3) is 6.74. The number of halogens is 1. The number of fused-ring (bicyclic) bond motifs is 1. The number of nitriles is 1. The van der Waals surface area contributed by atoms with E-state index in [9.17, 15) is 24.0 Å². The van der Waals surface area contributed by atoms with Gasteiger partial charge in [0.1, 0.15) is 0 Å². The molecule has 0 spiro atoms. The molecule has 0 aliphatic rings. The molecule has 2 atom stereocenters. The zero-order valence-electron chi connectivity index (χ0n) is 19.7. The highest BCUT2D eigenvalue weighted by Crippen LogP contribution is 2.23. The number of anilines is 2. The minimum atomic E-state index is -1.87. The SMILES string of the molecule is CC(=O)O[C@@H](C(=O)Nc1ccc(C#N)cc1)[C@@H](OC(C)=O)C(=O)N(CCCl)c1ccc2[nH]c(=O)[nH]c2c1. The van der Waals surface area contributed by atoms with Gasteiger partial charge >= 0.3 is 17.6 Å². The number of nitrogens with one attached hydrogen (secondary N) is 3. The Labute approximate surface area is 215 Å². The molecule has 1 aromatic heterocycles. The molecule has 0 saturated heterocycles. The van der Waals surface area contributed by atoms with Gasteiger partial charge in [0, 0.05) is 37.6 Å². The molecule has 2 aromatic carbocycles. The van der Waals surface area contributed by atoms with Gasteiger partial charge in [-0.2, -0.15) is 5.26 Å². The topological polar surface area (TPSA) is 174 Å². The van der Waals surface area contributed by atoms with Gasteiger partial charge in [-0.15, -0.1) is 11.6 Å². The first-order chi connectivity index (χ1) is 17.6. The number of amides is 2. The number of carbonyl (C=O) groups excluding carboxylic acids is 4. The number of nitrogens with zero attached hydrogens (tertiary/aromatic N) is 2. The van der Waals surface area contributed by atoms with E-state index in [-0.39, 0.29) is 23.8 Å². The lowest BCUT2D eigenvalue weighted by atomic mass is 10.1. The fraction of sp³-hybridized carbons (Fsp3) is 0.250. The molecule has 13 heteroatoms. The minimum absolute atomic E-state index is 0.0318. The first-order valence-electron chi connectivity index (χ1n) is 10.9. The number of ether oxygens (including phenoxy) is 2. The van der Waals surface area contributed by atoms with Crippen LogP contribution in [0.1, 0.15) is 19.4 Å². The lowest BCUT2D eigenvalue weighted by Gasteiger charge is -2.30. The van der Waals surface area contributed by atoms with Crippen LogP contribution in [-0.4, -0.2) is 58.4 Å². The van der Waals surface area contributed by atoms with Gasteiger partial charge < -0.3 is 29.7 Å². The minimum Gasteiger partial charge on any atom is -0.448 e. The lowest BCUT2D eigenvalue weighted by molar-refractivity contribution is -0.172. The molecule has 0 unspecified atom stereocenters. The molecule has 2 amide bonds. The molecule has 37 heavy (non-hydrogen) atoms. The van der Waals surface area contributed by atoms with Crippen molar-refractivity contribution in [3.05, 3.63) is 58.5 Å². The van der Waals surface area contributed by atoms with Gasteiger partial charge in [0.05, 0.1) is 22.7 Å². The molecule has 0 bridgehead atoms. The van der Waals surface area contributed by atoms with Gasteiger partial charge in [-0.05, 0) is 42.5 Å². The van der Waals surface area contributed by atoms with E-state index in [1.165, 1.54) is 36.4 Å². The molecular weight excluding hydrogens is 506 g/mol. The van der Waals surface area contributed by atoms with Crippen LogP contribution >= 0.6 is 11.6 Å². The maximum atomic E-state index is 13.7. The summed E-state index contributed by atoms with van der Waals surface area (Å²) < 4.78 is 10.3. The van der Waals surface area contributed by atoms with Crippen LogP contribution in [0.15, 0.2) is 47.3 Å². The van der Waals surface area contributed by atoms with Crippen molar-refractivity contribution in [3.8, 4) is 6.07 Å². The molecule has 3 aromatic rings. The van der Waals surface area contributed by atoms with Crippen LogP contribution in [0, 0.1) is 11.3 Å². The lowest BCUT2D eigenvalue weighted by Crippen LogP contribution is -2.53. The number of aromatic nitrogens is 2. The van der Waals surface area contributed by atoms with Crippen molar-refractivity contribution in [2.75, 3.05) is 22.6 Å². The second kappa shape index (κ2) is 11.9. The van der Waals surface area contributed by atoms with E-state index in [4.69, 9.17) is 26.3 Å². The van der Waals surface area contributed by atoms with Gasteiger partial charge in [-0.1, -0.05) is 0 Å². The fourth-order valence-corrected chi connectivity index (χ4v) is 3.66. The van der Waals surface area contributed by atoms with Crippen molar-refractivity contribution in [1.29, 1.82) is 5.26 Å². The summed E-state index contributed by atoms with van der Waals surface area (Å²) in [5.41, 5.74) is 1.31. The largest absolute Gasteiger partial charge is 0.448 e. The summed E-state index contributed by atoms with van der Waals surface area (Å²) in [4.78, 5) is 68.5. The first kappa shape index (κ1) is 27.0. The third-order valence-corrected chi connectivity index (χ3v) is 5.20. The molecular formula is C24H22ClN5O7. The fourth-order valence-electron chi connectivity index (χ4n) is 3.49. The molecule has 0 saturated carbocycles. The number of aromatic amines is 2. The second-order valence-electron chi connectivity index (χ2n) is 7.73. The maximum absolute atomic E-state index is 13.7. The first-order valence-corrected chi connectivity index (χ1v) is 11.4. The Morgan fingerprint density at radius 1 is 1.00 bits per heavy atom. The zero-order chi connectivity index (χ0) is 27.1. The Kier molecular flexibility index (Phi) is 8.65. The second-order valence-corrected chi connectivity index (χ2v) is 8.10. The molecule has 3 N–H and O–H groups in total. The van der Waals surface area contributed by atoms with Gasteiger partial charge in [0.2, 0.25) is 12.2 Å². The quantitative estimate of drug-likeness (QED) is 0.279. The molecule has 3 rings (SSSR count). The Morgan fingerprint density at radius 2 is 1.62 bits per heavy atom. The van der Waals surface area contributed by atoms with Crippen molar-refractivity contribution in [1.82, 2.24) is 9.97 Å². The van der Waals surface area contributed by atoms with E-state index in [0.29, 0.717) is 16.6 Å². The Morgan fingerprint density at radius 3 is 2.22 bits per heavy atom. The number of hydrogen-bond donors (Lipinski definition) is 3. The van der Waals surface area contributed by atoms with Crippen molar-refractivity contribution >= 4 is 57.8 Å². The average Bonchev–Trinajstić information content (AvgIpc) is 3.23. The summed E-state index contributed by atoms with van der Waals surface area (Å²) in [6.45, 7) is 2.00. The number of imidazole rings is 1. The number of H-pyrrole nitrogens is 2. The van der Waals surface area contributed by atoms with Gasteiger partial charge in [-0.3, -0.25) is 19.2 Å². The van der Waals surface area contributed by atoms with E-state index in [2.05, 4.69) is 15.3 Å². The third-order valence-electron chi connectivity index (χ3n) is 5.03. The van der Waals surface area contributed by atoms with E-state index < -0.39 is 41.7 Å². The summed E-state index contributed by atoms with van der Waals surface area (Å²) in [6.07, 6.45) is -3.73. The van der Waals surface area contributed by atoms with Crippen molar-refractivity contribution < 1.29 is 28.7 Å². The Bertz CT molecular complexity index is 1420. The predicted octanol–water partition coefficient (Wildman–Crippen LogP) is 1.80. The molecule has 12 nitrogen and oxygen atoms in total. The van der Waals surface area contributed by atoms with E-state index in [1.54, 1.807) is 6.07 Å². The number of hydrogen-bond acceptors (Lipinski definition) is 8. The zero-order valence-corrected chi connectivity index (χ0v) is 20.5. The van der Waals surface area contributed by atoms with E-state index >= 15 is 0 Å². The van der Waals surface area contributed by atoms with Gasteiger partial charge in [-0.25, -0.2) is 4.79 Å². The standard InChI is InChI=1S/C24H22ClN5O7/c1-13(31)36-20(22(33)27-16-5-3-15(12-26)4-6-16)21(37-14(2)32)23(34)30(10-9-25)17-7-8-18-19(11-17)29-24(35)28-18/h3-8,11,20-21H,9-10H2,1-2H3,(H,27,33)(H2,28,29,35)/t20-,21-/m1/s1. The Balaban J connectivity index is 1.99. The van der Waals surface area contributed by atoms with Crippen molar-refractivity contribution in [2.24, 2.45) is 0 Å². The monoisotopic (exact) mass is 527 g/mol. The van der Waals surface area contributed by atoms with Crippen LogP contribution in [-0.2, 0) is 28.7 Å². The van der Waals surface area contributed by atoms with Crippen LogP contribution in [0.5, 0.6) is 0 Å². The summed E-state index contributed by atoms with van der Waals surface area (Å²) in [6, 6.07) is 12.3. The van der Waals surface area contributed by atoms with Gasteiger partial charge in [0.25, 0.3) is 11.8 Å². The maximum Gasteiger partial charge on any atom is 0.323 e. The van der Waals surface area contributed by atoms with Crippen LogP contribution in [0.25, 0.3) is 11.0 Å². The summed E-state index contributed by atoms with van der Waals surface area (Å²) in [5.74, 6) is -3.68. The summed E-state index contributed by atoms with van der Waals surface area (Å²) in [7, 11) is 0. The predicted molar refractivity (Wildman–Crippen MR) is 133 cm³/mol. The number of rotatable bonds is 9. The van der Waals surface area contributed by atoms with Gasteiger partial charge in [0.15, 0.2) is 0 Å². The van der Waals surface area contributed by atoms with Crippen LogP contribution in [0.3, 0.4) is 0 Å². The molecule has 0 aliphatic heterocycles. The van der Waals surface area contributed by atoms with Crippen molar-refractivity contribution in [3.63, 3.8) is 0 Å². The van der Waals surface area contributed by atoms with Crippen LogP contribution < -0.4 is 15.9 Å². The smallest absolute Gasteiger partial charge is 0.323 e. The molecule has 1 heterocycles. The van der Waals surface area contributed by atoms with Crippen LogP contribution in [0.4, 0.5) is 11.4 Å². The Hall–Kier alpha value is -4.63. The summed E-state index contributed by atoms with van der Waals surface area (Å²) >= 11 is 5.93. The molecule has 0 radical (unpaired) electrons. The van der Waals surface area contributed by atoms with E-state index in [1.807, 2.05) is 6.07 Å². The van der Waals surface area contributed by atoms with Crippen molar-refractivity contribution in [2.45, 2.75) is 26.1 Å². The molecule has 0 fully saturated rings. The number of carbonyl (C=O) groups is 4. The normalized spacial score (nSPS) is 12.2. The highest BCUT2D eigenvalue weighted by molar-refractivity contribution is 6.18.